The molecule has 2 heterocycles. The number of aromatic amines is 1. The van der Waals surface area contributed by atoms with Crippen LogP contribution in [0.25, 0.3) is 5.69 Å². The molecule has 0 radical (unpaired) electrons. The van der Waals surface area contributed by atoms with Gasteiger partial charge in [0.15, 0.2) is 11.6 Å². The van der Waals surface area contributed by atoms with E-state index in [0.717, 1.165) is 11.3 Å². The van der Waals surface area contributed by atoms with E-state index in [1.807, 2.05) is 31.2 Å². The summed E-state index contributed by atoms with van der Waals surface area (Å²) in [5, 5.41) is 12.3. The van der Waals surface area contributed by atoms with Crippen molar-refractivity contribution in [2.75, 3.05) is 5.75 Å². The predicted molar refractivity (Wildman–Crippen MR) is 99.2 cm³/mol. The molecule has 0 aliphatic carbocycles. The van der Waals surface area contributed by atoms with Crippen molar-refractivity contribution in [2.45, 2.75) is 32.9 Å². The summed E-state index contributed by atoms with van der Waals surface area (Å²) < 4.78 is 1.61. The first kappa shape index (κ1) is 18.1. The fourth-order valence-corrected chi connectivity index (χ4v) is 3.71. The number of thioether (sulfide) groups is 1. The molecule has 0 unspecified atom stereocenters. The Hall–Kier alpha value is -2.74. The standard InChI is InChI=1S/C18H19N5O2S/c1-10-6-5-7-14(8-10)23-18(20-21-22-23)26-9-15(25)17-11(2)16(13(4)24)12(3)19-17/h5-8,19H,9H2,1-4H3. The number of carbonyl (C=O) groups excluding carboxylic acids is 2. The average molecular weight is 369 g/mol. The maximum atomic E-state index is 12.6. The first-order valence-corrected chi connectivity index (χ1v) is 9.08. The second kappa shape index (κ2) is 7.25. The average Bonchev–Trinajstić information content (AvgIpc) is 3.16. The normalized spacial score (nSPS) is 10.9. The first-order chi connectivity index (χ1) is 12.4. The van der Waals surface area contributed by atoms with Crippen LogP contribution in [0, 0.1) is 20.8 Å². The van der Waals surface area contributed by atoms with Gasteiger partial charge in [-0.05, 0) is 61.4 Å². The second-order valence-corrected chi connectivity index (χ2v) is 7.05. The Morgan fingerprint density at radius 1 is 1.23 bits per heavy atom. The van der Waals surface area contributed by atoms with E-state index in [-0.39, 0.29) is 17.3 Å². The van der Waals surface area contributed by atoms with Crippen molar-refractivity contribution in [3.8, 4) is 5.69 Å². The molecule has 0 fully saturated rings. The maximum Gasteiger partial charge on any atom is 0.214 e. The van der Waals surface area contributed by atoms with Crippen molar-refractivity contribution < 1.29 is 9.59 Å². The molecule has 0 atom stereocenters. The van der Waals surface area contributed by atoms with Gasteiger partial charge in [-0.2, -0.15) is 4.68 Å². The lowest BCUT2D eigenvalue weighted by molar-refractivity contribution is 0.101. The van der Waals surface area contributed by atoms with Crippen molar-refractivity contribution in [3.05, 3.63) is 52.3 Å². The molecular formula is C18H19N5O2S. The van der Waals surface area contributed by atoms with Crippen molar-refractivity contribution in [2.24, 2.45) is 0 Å². The number of hydrogen-bond acceptors (Lipinski definition) is 6. The Morgan fingerprint density at radius 3 is 2.65 bits per heavy atom. The number of carbonyl (C=O) groups is 2. The van der Waals surface area contributed by atoms with Crippen LogP contribution in [-0.2, 0) is 0 Å². The number of benzene rings is 1. The summed E-state index contributed by atoms with van der Waals surface area (Å²) in [7, 11) is 0. The molecule has 0 spiro atoms. The number of Topliss-reactive ketones (excluding diaryl/α,β-unsaturated/α-hetero) is 2. The maximum absolute atomic E-state index is 12.6. The Morgan fingerprint density at radius 2 is 2.00 bits per heavy atom. The van der Waals surface area contributed by atoms with E-state index in [1.54, 1.807) is 18.5 Å². The van der Waals surface area contributed by atoms with E-state index in [9.17, 15) is 9.59 Å². The molecular weight excluding hydrogens is 350 g/mol. The monoisotopic (exact) mass is 369 g/mol. The minimum Gasteiger partial charge on any atom is -0.355 e. The highest BCUT2D eigenvalue weighted by atomic mass is 32.2. The van der Waals surface area contributed by atoms with Crippen molar-refractivity contribution in [3.63, 3.8) is 0 Å². The molecule has 0 amide bonds. The summed E-state index contributed by atoms with van der Waals surface area (Å²) in [5.41, 5.74) is 4.40. The van der Waals surface area contributed by atoms with Crippen LogP contribution in [0.3, 0.4) is 0 Å². The lowest BCUT2D eigenvalue weighted by atomic mass is 10.1. The Bertz CT molecular complexity index is 989. The van der Waals surface area contributed by atoms with Gasteiger partial charge in [0, 0.05) is 11.3 Å². The zero-order valence-corrected chi connectivity index (χ0v) is 15.8. The largest absolute Gasteiger partial charge is 0.355 e. The molecule has 0 aliphatic heterocycles. The minimum absolute atomic E-state index is 0.0497. The van der Waals surface area contributed by atoms with E-state index in [0.29, 0.717) is 27.7 Å². The number of tetrazole rings is 1. The number of rotatable bonds is 6. The molecule has 0 bridgehead atoms. The molecule has 0 saturated heterocycles. The smallest absolute Gasteiger partial charge is 0.214 e. The third kappa shape index (κ3) is 3.45. The van der Waals surface area contributed by atoms with Gasteiger partial charge in [-0.15, -0.1) is 5.10 Å². The number of nitrogens with zero attached hydrogens (tertiary/aromatic N) is 4. The van der Waals surface area contributed by atoms with E-state index in [2.05, 4.69) is 20.5 Å². The number of H-pyrrole nitrogens is 1. The highest BCUT2D eigenvalue weighted by Gasteiger charge is 2.20. The molecule has 134 valence electrons. The number of aryl methyl sites for hydroxylation is 2. The fourth-order valence-electron chi connectivity index (χ4n) is 2.95. The lowest BCUT2D eigenvalue weighted by Gasteiger charge is -2.05. The number of ketones is 2. The molecule has 8 heteroatoms. The number of hydrogen-bond donors (Lipinski definition) is 1. The molecule has 7 nitrogen and oxygen atoms in total. The highest BCUT2D eigenvalue weighted by Crippen LogP contribution is 2.23. The van der Waals surface area contributed by atoms with Gasteiger partial charge in [-0.25, -0.2) is 0 Å². The molecule has 0 aliphatic rings. The van der Waals surface area contributed by atoms with Gasteiger partial charge in [-0.1, -0.05) is 23.9 Å². The SMILES string of the molecule is CC(=O)c1c(C)[nH]c(C(=O)CSc2nnnn2-c2cccc(C)c2)c1C. The zero-order chi connectivity index (χ0) is 18.8. The quantitative estimate of drug-likeness (QED) is 0.530. The van der Waals surface area contributed by atoms with E-state index < -0.39 is 0 Å². The van der Waals surface area contributed by atoms with Crippen LogP contribution < -0.4 is 0 Å². The summed E-state index contributed by atoms with van der Waals surface area (Å²) >= 11 is 1.26. The molecule has 3 rings (SSSR count). The molecule has 3 aromatic rings. The predicted octanol–water partition coefficient (Wildman–Crippen LogP) is 3.09. The van der Waals surface area contributed by atoms with Gasteiger partial charge in [0.25, 0.3) is 0 Å². The van der Waals surface area contributed by atoms with E-state index in [1.165, 1.54) is 18.7 Å². The van der Waals surface area contributed by atoms with Crippen LogP contribution in [0.15, 0.2) is 29.4 Å². The van der Waals surface area contributed by atoms with Crippen LogP contribution in [0.4, 0.5) is 0 Å². The van der Waals surface area contributed by atoms with Gasteiger partial charge in [0.1, 0.15) is 0 Å². The molecule has 26 heavy (non-hydrogen) atoms. The molecule has 1 aromatic carbocycles. The third-order valence-corrected chi connectivity index (χ3v) is 5.01. The Balaban J connectivity index is 1.79. The van der Waals surface area contributed by atoms with Crippen LogP contribution in [0.1, 0.15) is 44.6 Å². The highest BCUT2D eigenvalue weighted by molar-refractivity contribution is 7.99. The van der Waals surface area contributed by atoms with Gasteiger partial charge < -0.3 is 4.98 Å². The van der Waals surface area contributed by atoms with E-state index >= 15 is 0 Å². The third-order valence-electron chi connectivity index (χ3n) is 4.09. The molecule has 0 saturated carbocycles. The summed E-state index contributed by atoms with van der Waals surface area (Å²) in [6.07, 6.45) is 0. The summed E-state index contributed by atoms with van der Waals surface area (Å²) in [6.45, 7) is 7.08. The van der Waals surface area contributed by atoms with Crippen LogP contribution in [0.2, 0.25) is 0 Å². The lowest BCUT2D eigenvalue weighted by Crippen LogP contribution is -2.07. The zero-order valence-electron chi connectivity index (χ0n) is 15.0. The van der Waals surface area contributed by atoms with Crippen molar-refractivity contribution in [1.82, 2.24) is 25.2 Å². The molecule has 1 N–H and O–H groups in total. The van der Waals surface area contributed by atoms with Crippen LogP contribution >= 0.6 is 11.8 Å². The van der Waals surface area contributed by atoms with Gasteiger partial charge in [0.2, 0.25) is 5.16 Å². The number of aromatic nitrogens is 5. The summed E-state index contributed by atoms with van der Waals surface area (Å²) in [4.78, 5) is 27.4. The second-order valence-electron chi connectivity index (χ2n) is 6.11. The topological polar surface area (TPSA) is 93.5 Å². The van der Waals surface area contributed by atoms with Crippen LogP contribution in [0.5, 0.6) is 0 Å². The fraction of sp³-hybridized carbons (Fsp3) is 0.278. The summed E-state index contributed by atoms with van der Waals surface area (Å²) in [6, 6.07) is 7.81. The van der Waals surface area contributed by atoms with Gasteiger partial charge in [-0.3, -0.25) is 9.59 Å². The van der Waals surface area contributed by atoms with Gasteiger partial charge >= 0.3 is 0 Å². The van der Waals surface area contributed by atoms with E-state index in [4.69, 9.17) is 0 Å². The van der Waals surface area contributed by atoms with Gasteiger partial charge in [0.05, 0.1) is 17.1 Å². The summed E-state index contributed by atoms with van der Waals surface area (Å²) in [5.74, 6) is 0.0258. The first-order valence-electron chi connectivity index (χ1n) is 8.10. The van der Waals surface area contributed by atoms with Crippen LogP contribution in [-0.4, -0.2) is 42.5 Å². The van der Waals surface area contributed by atoms with Crippen molar-refractivity contribution in [1.29, 1.82) is 0 Å². The minimum atomic E-state index is -0.0955. The van der Waals surface area contributed by atoms with Crippen molar-refractivity contribution >= 4 is 23.3 Å². The molecule has 2 aromatic heterocycles. The Kier molecular flexibility index (Phi) is 5.03. The number of nitrogens with one attached hydrogen (secondary N) is 1. The Labute approximate surface area is 155 Å².